The zero-order chi connectivity index (χ0) is 11.4. The van der Waals surface area contributed by atoms with Crippen LogP contribution in [0.25, 0.3) is 0 Å². The summed E-state index contributed by atoms with van der Waals surface area (Å²) in [6.45, 7) is 2.09. The molecule has 0 bridgehead atoms. The van der Waals surface area contributed by atoms with Crippen LogP contribution < -0.4 is 4.90 Å². The highest BCUT2D eigenvalue weighted by Crippen LogP contribution is 2.16. The second-order valence-electron chi connectivity index (χ2n) is 3.97. The molecule has 1 saturated heterocycles. The maximum absolute atomic E-state index is 10.4. The van der Waals surface area contributed by atoms with Crippen LogP contribution >= 0.6 is 0 Å². The Labute approximate surface area is 94.1 Å². The zero-order valence-electron chi connectivity index (χ0n) is 9.09. The molecule has 1 aliphatic heterocycles. The Bertz CT molecular complexity index is 358. The molecule has 5 nitrogen and oxygen atoms in total. The number of aromatic nitrogens is 2. The van der Waals surface area contributed by atoms with E-state index in [-0.39, 0.29) is 6.42 Å². The molecule has 86 valence electrons. The van der Waals surface area contributed by atoms with Gasteiger partial charge in [-0.1, -0.05) is 0 Å². The van der Waals surface area contributed by atoms with Gasteiger partial charge in [-0.15, -0.1) is 5.10 Å². The minimum Gasteiger partial charge on any atom is -0.481 e. The molecule has 1 aliphatic rings. The van der Waals surface area contributed by atoms with E-state index in [1.165, 1.54) is 12.8 Å². The molecule has 0 spiro atoms. The van der Waals surface area contributed by atoms with Gasteiger partial charge in [-0.2, -0.15) is 5.10 Å². The van der Waals surface area contributed by atoms with Gasteiger partial charge in [0.05, 0.1) is 12.1 Å². The van der Waals surface area contributed by atoms with Crippen molar-refractivity contribution in [3.05, 3.63) is 17.8 Å². The molecule has 16 heavy (non-hydrogen) atoms. The molecule has 0 radical (unpaired) electrons. The Morgan fingerprint density at radius 1 is 1.31 bits per heavy atom. The lowest BCUT2D eigenvalue weighted by molar-refractivity contribution is -0.136. The van der Waals surface area contributed by atoms with E-state index in [1.807, 2.05) is 12.1 Å². The second kappa shape index (κ2) is 4.92. The third kappa shape index (κ3) is 2.68. The van der Waals surface area contributed by atoms with Crippen LogP contribution in [0.15, 0.2) is 12.1 Å². The van der Waals surface area contributed by atoms with Crippen molar-refractivity contribution in [2.24, 2.45) is 0 Å². The summed E-state index contributed by atoms with van der Waals surface area (Å²) in [5.41, 5.74) is 0.741. The van der Waals surface area contributed by atoms with E-state index < -0.39 is 5.97 Å². The van der Waals surface area contributed by atoms with Crippen molar-refractivity contribution in [3.8, 4) is 0 Å². The van der Waals surface area contributed by atoms with Crippen LogP contribution in [0.2, 0.25) is 0 Å². The van der Waals surface area contributed by atoms with Crippen molar-refractivity contribution in [2.45, 2.75) is 25.7 Å². The number of carboxylic acids is 1. The summed E-state index contributed by atoms with van der Waals surface area (Å²) in [5.74, 6) is 0.0991. The van der Waals surface area contributed by atoms with Gasteiger partial charge in [-0.3, -0.25) is 4.79 Å². The van der Waals surface area contributed by atoms with Crippen molar-refractivity contribution in [1.29, 1.82) is 0 Å². The molecule has 0 unspecified atom stereocenters. The van der Waals surface area contributed by atoms with Crippen LogP contribution in [-0.4, -0.2) is 34.4 Å². The van der Waals surface area contributed by atoms with Gasteiger partial charge in [0.2, 0.25) is 0 Å². The van der Waals surface area contributed by atoms with Gasteiger partial charge in [0, 0.05) is 19.5 Å². The van der Waals surface area contributed by atoms with Crippen LogP contribution in [0.1, 0.15) is 25.0 Å². The highest BCUT2D eigenvalue weighted by Gasteiger charge is 2.13. The summed E-state index contributed by atoms with van der Waals surface area (Å²) >= 11 is 0. The van der Waals surface area contributed by atoms with Crippen molar-refractivity contribution in [1.82, 2.24) is 10.2 Å². The number of aryl methyl sites for hydroxylation is 1. The molecule has 1 aromatic rings. The Kier molecular flexibility index (Phi) is 3.34. The maximum Gasteiger partial charge on any atom is 0.303 e. The molecule has 0 saturated carbocycles. The van der Waals surface area contributed by atoms with Gasteiger partial charge >= 0.3 is 5.97 Å². The zero-order valence-corrected chi connectivity index (χ0v) is 9.09. The summed E-state index contributed by atoms with van der Waals surface area (Å²) < 4.78 is 0. The van der Waals surface area contributed by atoms with Gasteiger partial charge in [-0.05, 0) is 25.0 Å². The van der Waals surface area contributed by atoms with E-state index in [0.29, 0.717) is 6.42 Å². The molecule has 2 rings (SSSR count). The number of carbonyl (C=O) groups is 1. The molecule has 0 amide bonds. The van der Waals surface area contributed by atoms with Crippen molar-refractivity contribution in [2.75, 3.05) is 18.0 Å². The summed E-state index contributed by atoms with van der Waals surface area (Å²) in [6.07, 6.45) is 2.98. The minimum atomic E-state index is -0.801. The normalized spacial score (nSPS) is 15.4. The number of anilines is 1. The molecular formula is C11H15N3O2. The Morgan fingerprint density at radius 3 is 2.62 bits per heavy atom. The quantitative estimate of drug-likeness (QED) is 0.824. The number of hydrogen-bond acceptors (Lipinski definition) is 4. The van der Waals surface area contributed by atoms with Gasteiger partial charge in [0.15, 0.2) is 5.82 Å². The van der Waals surface area contributed by atoms with Crippen LogP contribution in [0.3, 0.4) is 0 Å². The lowest BCUT2D eigenvalue weighted by Crippen LogP contribution is -2.19. The Hall–Kier alpha value is -1.65. The molecule has 1 N–H and O–H groups in total. The summed E-state index contributed by atoms with van der Waals surface area (Å²) in [6, 6.07) is 3.79. The average Bonchev–Trinajstić information content (AvgIpc) is 2.80. The minimum absolute atomic E-state index is 0.109. The predicted molar refractivity (Wildman–Crippen MR) is 59.4 cm³/mol. The second-order valence-corrected chi connectivity index (χ2v) is 3.97. The van der Waals surface area contributed by atoms with Crippen molar-refractivity contribution in [3.63, 3.8) is 0 Å². The summed E-state index contributed by atoms with van der Waals surface area (Å²) in [7, 11) is 0. The molecule has 0 aliphatic carbocycles. The van der Waals surface area contributed by atoms with Crippen LogP contribution in [-0.2, 0) is 11.2 Å². The van der Waals surface area contributed by atoms with Gasteiger partial charge in [0.25, 0.3) is 0 Å². The average molecular weight is 221 g/mol. The first kappa shape index (κ1) is 10.9. The number of rotatable bonds is 4. The van der Waals surface area contributed by atoms with Crippen molar-refractivity contribution < 1.29 is 9.90 Å². The fourth-order valence-corrected chi connectivity index (χ4v) is 1.84. The third-order valence-corrected chi connectivity index (χ3v) is 2.73. The van der Waals surface area contributed by atoms with Crippen LogP contribution in [0, 0.1) is 0 Å². The fourth-order valence-electron chi connectivity index (χ4n) is 1.84. The molecule has 5 heteroatoms. The number of hydrogen-bond donors (Lipinski definition) is 1. The first-order valence-corrected chi connectivity index (χ1v) is 5.55. The Morgan fingerprint density at radius 2 is 2.06 bits per heavy atom. The standard InChI is InChI=1S/C11H15N3O2/c15-11(16)6-4-9-3-5-10(13-12-9)14-7-1-2-8-14/h3,5H,1-2,4,6-8H2,(H,15,16). The van der Waals surface area contributed by atoms with Gasteiger partial charge < -0.3 is 10.0 Å². The van der Waals surface area contributed by atoms with Crippen LogP contribution in [0.4, 0.5) is 5.82 Å². The largest absolute Gasteiger partial charge is 0.481 e. The lowest BCUT2D eigenvalue weighted by Gasteiger charge is -2.15. The number of aliphatic carboxylic acids is 1. The SMILES string of the molecule is O=C(O)CCc1ccc(N2CCCC2)nn1. The number of nitrogens with zero attached hydrogens (tertiary/aromatic N) is 3. The highest BCUT2D eigenvalue weighted by atomic mass is 16.4. The van der Waals surface area contributed by atoms with E-state index in [2.05, 4.69) is 15.1 Å². The van der Waals surface area contributed by atoms with Crippen molar-refractivity contribution >= 4 is 11.8 Å². The highest BCUT2D eigenvalue weighted by molar-refractivity contribution is 5.66. The Balaban J connectivity index is 1.95. The molecule has 0 atom stereocenters. The van der Waals surface area contributed by atoms with Gasteiger partial charge in [0.1, 0.15) is 0 Å². The first-order valence-electron chi connectivity index (χ1n) is 5.55. The smallest absolute Gasteiger partial charge is 0.303 e. The van der Waals surface area contributed by atoms with Crippen LogP contribution in [0.5, 0.6) is 0 Å². The molecule has 0 aromatic carbocycles. The lowest BCUT2D eigenvalue weighted by atomic mass is 10.2. The van der Waals surface area contributed by atoms with Gasteiger partial charge in [-0.25, -0.2) is 0 Å². The predicted octanol–water partition coefficient (Wildman–Crippen LogP) is 1.09. The summed E-state index contributed by atoms with van der Waals surface area (Å²) in [4.78, 5) is 12.6. The van der Waals surface area contributed by atoms with E-state index in [0.717, 1.165) is 24.6 Å². The first-order chi connectivity index (χ1) is 7.75. The van der Waals surface area contributed by atoms with E-state index in [1.54, 1.807) is 0 Å². The molecular weight excluding hydrogens is 206 g/mol. The monoisotopic (exact) mass is 221 g/mol. The molecule has 1 aromatic heterocycles. The summed E-state index contributed by atoms with van der Waals surface area (Å²) in [5, 5.41) is 16.7. The molecule has 1 fully saturated rings. The maximum atomic E-state index is 10.4. The molecule has 2 heterocycles. The van der Waals surface area contributed by atoms with E-state index in [9.17, 15) is 4.79 Å². The van der Waals surface area contributed by atoms with E-state index >= 15 is 0 Å². The third-order valence-electron chi connectivity index (χ3n) is 2.73. The number of carboxylic acid groups (broad SMARTS) is 1. The topological polar surface area (TPSA) is 66.3 Å². The van der Waals surface area contributed by atoms with E-state index in [4.69, 9.17) is 5.11 Å². The fraction of sp³-hybridized carbons (Fsp3) is 0.545.